The molecule has 0 saturated heterocycles. The van der Waals surface area contributed by atoms with Crippen LogP contribution in [0, 0.1) is 12.3 Å². The van der Waals surface area contributed by atoms with E-state index in [2.05, 4.69) is 5.32 Å². The lowest BCUT2D eigenvalue weighted by Gasteiger charge is -2.15. The smallest absolute Gasteiger partial charge is 0.224 e. The number of hydrogen-bond acceptors (Lipinski definition) is 3. The molecule has 0 aliphatic heterocycles. The van der Waals surface area contributed by atoms with Gasteiger partial charge in [0.1, 0.15) is 5.75 Å². The summed E-state index contributed by atoms with van der Waals surface area (Å²) in [5, 5.41) is 2.84. The highest BCUT2D eigenvalue weighted by Crippen LogP contribution is 2.17. The fourth-order valence-corrected chi connectivity index (χ4v) is 1.65. The van der Waals surface area contributed by atoms with Crippen LogP contribution in [0.15, 0.2) is 24.3 Å². The molecule has 0 fully saturated rings. The zero-order valence-corrected chi connectivity index (χ0v) is 12.1. The van der Waals surface area contributed by atoms with E-state index >= 15 is 0 Å². The summed E-state index contributed by atoms with van der Waals surface area (Å²) in [5.41, 5.74) is 6.12. The van der Waals surface area contributed by atoms with Gasteiger partial charge in [-0.3, -0.25) is 9.59 Å². The van der Waals surface area contributed by atoms with Gasteiger partial charge in [-0.15, -0.1) is 0 Å². The minimum atomic E-state index is -0.405. The molecule has 0 aromatic heterocycles. The van der Waals surface area contributed by atoms with Crippen molar-refractivity contribution in [2.24, 2.45) is 11.7 Å². The molecule has 5 nitrogen and oxygen atoms in total. The Morgan fingerprint density at radius 3 is 2.40 bits per heavy atom. The monoisotopic (exact) mass is 277 g/mol. The second kappa shape index (κ2) is 7.53. The summed E-state index contributed by atoms with van der Waals surface area (Å²) in [6.07, 6.45) is 1.80. The Kier molecular flexibility index (Phi) is 6.03. The maximum Gasteiger partial charge on any atom is 0.224 e. The van der Waals surface area contributed by atoms with Gasteiger partial charge in [0, 0.05) is 5.92 Å². The maximum atomic E-state index is 11.7. The number of benzene rings is 1. The van der Waals surface area contributed by atoms with Crippen LogP contribution in [0.5, 0.6) is 5.75 Å². The molecule has 0 aliphatic rings. The molecule has 1 aromatic rings. The second-order valence-corrected chi connectivity index (χ2v) is 4.75. The molecule has 3 N–H and O–H groups in total. The number of primary amides is 1. The molecule has 5 heteroatoms. The first-order valence-corrected chi connectivity index (χ1v) is 6.51. The lowest BCUT2D eigenvalue weighted by atomic mass is 10.0. The Morgan fingerprint density at radius 2 is 1.90 bits per heavy atom. The number of nitrogens with two attached hydrogens (primary N) is 1. The molecule has 1 aromatic carbocycles. The summed E-state index contributed by atoms with van der Waals surface area (Å²) in [5.74, 6) is -0.176. The highest BCUT2D eigenvalue weighted by atomic mass is 16.5. The van der Waals surface area contributed by atoms with Crippen LogP contribution in [0.3, 0.4) is 0 Å². The molecule has 20 heavy (non-hydrogen) atoms. The summed E-state index contributed by atoms with van der Waals surface area (Å²) >= 11 is 0. The highest BCUT2D eigenvalue weighted by molar-refractivity contribution is 5.86. The van der Waals surface area contributed by atoms with Crippen LogP contribution in [0.25, 0.3) is 0 Å². The molecular weight excluding hydrogens is 256 g/mol. The van der Waals surface area contributed by atoms with E-state index < -0.39 is 5.91 Å². The van der Waals surface area contributed by atoms with Crippen molar-refractivity contribution in [1.29, 1.82) is 0 Å². The summed E-state index contributed by atoms with van der Waals surface area (Å²) in [7, 11) is 1.61. The minimum Gasteiger partial charge on any atom is -0.497 e. The Hall–Kier alpha value is -2.04. The minimum absolute atomic E-state index is 0.117. The number of carbonyl (C=O) groups is 2. The van der Waals surface area contributed by atoms with Gasteiger partial charge in [0.05, 0.1) is 19.6 Å². The molecule has 1 rings (SSSR count). The standard InChI is InChI=1S/C15H21N2O3/c1-10(15(16)19)4-9-14(18)17-11(2)12-5-7-13(20-3)8-6-12/h5-11H,4H2,1-3H3,(H2,16,19)(H,17,18)/t10-,11-/m0/s1. The van der Waals surface area contributed by atoms with E-state index in [1.165, 1.54) is 6.42 Å². The van der Waals surface area contributed by atoms with Gasteiger partial charge in [-0.25, -0.2) is 0 Å². The fraction of sp³-hybridized carbons (Fsp3) is 0.400. The van der Waals surface area contributed by atoms with Crippen molar-refractivity contribution in [3.05, 3.63) is 36.2 Å². The maximum absolute atomic E-state index is 11.7. The Bertz CT molecular complexity index is 457. The van der Waals surface area contributed by atoms with Crippen LogP contribution < -0.4 is 15.8 Å². The molecule has 2 atom stereocenters. The molecule has 0 aliphatic carbocycles. The van der Waals surface area contributed by atoms with E-state index in [4.69, 9.17) is 10.5 Å². The van der Waals surface area contributed by atoms with E-state index in [1.54, 1.807) is 14.0 Å². The highest BCUT2D eigenvalue weighted by Gasteiger charge is 2.14. The van der Waals surface area contributed by atoms with Gasteiger partial charge in [-0.2, -0.15) is 0 Å². The van der Waals surface area contributed by atoms with Gasteiger partial charge in [0.15, 0.2) is 0 Å². The molecule has 2 amide bonds. The van der Waals surface area contributed by atoms with Gasteiger partial charge in [0.2, 0.25) is 11.8 Å². The second-order valence-electron chi connectivity index (χ2n) is 4.75. The van der Waals surface area contributed by atoms with Crippen LogP contribution >= 0.6 is 0 Å². The lowest BCUT2D eigenvalue weighted by Crippen LogP contribution is -2.28. The Labute approximate surface area is 119 Å². The van der Waals surface area contributed by atoms with Gasteiger partial charge in [0.25, 0.3) is 0 Å². The van der Waals surface area contributed by atoms with Gasteiger partial charge in [-0.05, 0) is 31.0 Å². The fourth-order valence-electron chi connectivity index (χ4n) is 1.65. The molecule has 0 heterocycles. The van der Waals surface area contributed by atoms with E-state index in [-0.39, 0.29) is 17.9 Å². The Balaban J connectivity index is 2.46. The molecule has 109 valence electrons. The number of hydrogen-bond donors (Lipinski definition) is 2. The molecular formula is C15H21N2O3. The Morgan fingerprint density at radius 1 is 1.30 bits per heavy atom. The third-order valence-corrected chi connectivity index (χ3v) is 3.12. The molecule has 0 bridgehead atoms. The van der Waals surface area contributed by atoms with Crippen molar-refractivity contribution in [1.82, 2.24) is 5.32 Å². The van der Waals surface area contributed by atoms with Crippen molar-refractivity contribution in [3.63, 3.8) is 0 Å². The molecule has 1 radical (unpaired) electrons. The van der Waals surface area contributed by atoms with Crippen LogP contribution in [0.1, 0.15) is 31.9 Å². The van der Waals surface area contributed by atoms with Gasteiger partial charge < -0.3 is 15.8 Å². The van der Waals surface area contributed by atoms with Crippen LogP contribution in [-0.2, 0) is 9.59 Å². The number of amides is 2. The van der Waals surface area contributed by atoms with E-state index in [0.717, 1.165) is 11.3 Å². The SMILES string of the molecule is COc1ccc([C@H](C)NC(=O)[CH]C[C@H](C)C(N)=O)cc1. The summed E-state index contributed by atoms with van der Waals surface area (Å²) in [6, 6.07) is 7.37. The summed E-state index contributed by atoms with van der Waals surface area (Å²) in [6.45, 7) is 3.59. The first kappa shape index (κ1) is 16.0. The number of ether oxygens (including phenoxy) is 1. The van der Waals surface area contributed by atoms with E-state index in [0.29, 0.717) is 6.42 Å². The van der Waals surface area contributed by atoms with Crippen molar-refractivity contribution in [2.75, 3.05) is 7.11 Å². The molecule has 0 saturated carbocycles. The van der Waals surface area contributed by atoms with Crippen molar-refractivity contribution < 1.29 is 14.3 Å². The van der Waals surface area contributed by atoms with Crippen molar-refractivity contribution in [2.45, 2.75) is 26.3 Å². The van der Waals surface area contributed by atoms with Gasteiger partial charge in [-0.1, -0.05) is 19.1 Å². The normalized spacial score (nSPS) is 13.3. The molecule has 0 unspecified atom stereocenters. The van der Waals surface area contributed by atoms with Gasteiger partial charge >= 0.3 is 0 Å². The van der Waals surface area contributed by atoms with Crippen LogP contribution in [-0.4, -0.2) is 18.9 Å². The predicted molar refractivity (Wildman–Crippen MR) is 76.8 cm³/mol. The third kappa shape index (κ3) is 4.91. The largest absolute Gasteiger partial charge is 0.497 e. The molecule has 0 spiro atoms. The average molecular weight is 277 g/mol. The summed E-state index contributed by atoms with van der Waals surface area (Å²) < 4.78 is 5.08. The number of nitrogens with one attached hydrogen (secondary N) is 1. The van der Waals surface area contributed by atoms with E-state index in [9.17, 15) is 9.59 Å². The third-order valence-electron chi connectivity index (χ3n) is 3.12. The van der Waals surface area contributed by atoms with Crippen LogP contribution in [0.2, 0.25) is 0 Å². The zero-order valence-electron chi connectivity index (χ0n) is 12.1. The lowest BCUT2D eigenvalue weighted by molar-refractivity contribution is -0.121. The topological polar surface area (TPSA) is 81.4 Å². The quantitative estimate of drug-likeness (QED) is 0.794. The number of methoxy groups -OCH3 is 1. The average Bonchev–Trinajstić information content (AvgIpc) is 2.44. The van der Waals surface area contributed by atoms with Crippen LogP contribution in [0.4, 0.5) is 0 Å². The van der Waals surface area contributed by atoms with E-state index in [1.807, 2.05) is 31.2 Å². The predicted octanol–water partition coefficient (Wildman–Crippen LogP) is 1.59. The number of carbonyl (C=O) groups excluding carboxylic acids is 2. The number of rotatable bonds is 7. The first-order chi connectivity index (χ1) is 9.43. The summed E-state index contributed by atoms with van der Waals surface area (Å²) in [4.78, 5) is 22.6. The zero-order chi connectivity index (χ0) is 15.1. The first-order valence-electron chi connectivity index (χ1n) is 6.51. The van der Waals surface area contributed by atoms with Crippen molar-refractivity contribution in [3.8, 4) is 5.75 Å². The van der Waals surface area contributed by atoms with Crippen molar-refractivity contribution >= 4 is 11.8 Å².